The molecule has 0 fully saturated rings. The summed E-state index contributed by atoms with van der Waals surface area (Å²) in [5.41, 5.74) is 4.31. The second-order valence-electron chi connectivity index (χ2n) is 5.35. The maximum Gasteiger partial charge on any atom is 0.236 e. The lowest BCUT2D eigenvalue weighted by atomic mass is 10.0. The minimum absolute atomic E-state index is 0.0728. The average molecular weight is 368 g/mol. The number of thioether (sulfide) groups is 1. The van der Waals surface area contributed by atoms with E-state index < -0.39 is 0 Å². The van der Waals surface area contributed by atoms with Crippen molar-refractivity contribution in [2.75, 3.05) is 25.7 Å². The largest absolute Gasteiger partial charge is 0.383 e. The van der Waals surface area contributed by atoms with Crippen LogP contribution < -0.4 is 10.7 Å². The zero-order valence-electron chi connectivity index (χ0n) is 13.3. The van der Waals surface area contributed by atoms with Gasteiger partial charge >= 0.3 is 0 Å². The number of aromatic nitrogens is 3. The summed E-state index contributed by atoms with van der Waals surface area (Å²) in [6, 6.07) is 7.24. The van der Waals surface area contributed by atoms with Crippen molar-refractivity contribution in [2.45, 2.75) is 23.4 Å². The predicted molar refractivity (Wildman–Crippen MR) is 92.8 cm³/mol. The summed E-state index contributed by atoms with van der Waals surface area (Å²) in [4.78, 5) is 12.6. The van der Waals surface area contributed by atoms with Crippen molar-refractivity contribution in [1.82, 2.24) is 20.2 Å². The van der Waals surface area contributed by atoms with Gasteiger partial charge in [-0.05, 0) is 24.6 Å². The fraction of sp³-hybridized carbons (Fsp3) is 0.400. The summed E-state index contributed by atoms with van der Waals surface area (Å²) < 4.78 is 6.79. The molecular formula is C15H18ClN5O2S. The molecule has 0 spiro atoms. The first-order valence-corrected chi connectivity index (χ1v) is 8.73. The number of fused-ring (bicyclic) bond motifs is 1. The van der Waals surface area contributed by atoms with E-state index >= 15 is 0 Å². The lowest BCUT2D eigenvalue weighted by molar-refractivity contribution is -0.121. The quantitative estimate of drug-likeness (QED) is 0.784. The highest BCUT2D eigenvalue weighted by Crippen LogP contribution is 2.37. The molecule has 0 bridgehead atoms. The molecule has 3 rings (SSSR count). The molecule has 24 heavy (non-hydrogen) atoms. The number of carbonyl (C=O) groups excluding carboxylic acids is 1. The smallest absolute Gasteiger partial charge is 0.236 e. The van der Waals surface area contributed by atoms with Crippen LogP contribution in [0.4, 0.5) is 0 Å². The normalized spacial score (nSPS) is 19.5. The summed E-state index contributed by atoms with van der Waals surface area (Å²) in [5.74, 6) is 0.672. The number of carbonyl (C=O) groups is 1. The lowest BCUT2D eigenvalue weighted by Gasteiger charge is -2.32. The van der Waals surface area contributed by atoms with E-state index in [-0.39, 0.29) is 17.2 Å². The summed E-state index contributed by atoms with van der Waals surface area (Å²) in [6.45, 7) is 2.80. The van der Waals surface area contributed by atoms with Gasteiger partial charge in [0.05, 0.1) is 12.6 Å². The first kappa shape index (κ1) is 17.1. The third-order valence-electron chi connectivity index (χ3n) is 3.69. The van der Waals surface area contributed by atoms with Gasteiger partial charge in [0.25, 0.3) is 0 Å². The van der Waals surface area contributed by atoms with E-state index in [0.717, 1.165) is 11.4 Å². The second kappa shape index (κ2) is 7.42. The number of methoxy groups -OCH3 is 1. The second-order valence-corrected chi connectivity index (χ2v) is 6.89. The Morgan fingerprint density at radius 2 is 2.17 bits per heavy atom. The molecule has 1 aromatic heterocycles. The van der Waals surface area contributed by atoms with Crippen molar-refractivity contribution in [3.63, 3.8) is 0 Å². The fourth-order valence-corrected chi connectivity index (χ4v) is 3.73. The minimum atomic E-state index is -0.376. The molecule has 0 saturated heterocycles. The van der Waals surface area contributed by atoms with Gasteiger partial charge in [0, 0.05) is 18.7 Å². The number of ether oxygens (including phenoxy) is 1. The van der Waals surface area contributed by atoms with E-state index in [0.29, 0.717) is 23.3 Å². The third kappa shape index (κ3) is 3.50. The van der Waals surface area contributed by atoms with E-state index in [4.69, 9.17) is 16.3 Å². The molecule has 2 atom stereocenters. The third-order valence-corrected chi connectivity index (χ3v) is 5.16. The summed E-state index contributed by atoms with van der Waals surface area (Å²) >= 11 is 7.37. The van der Waals surface area contributed by atoms with Crippen LogP contribution in [0.2, 0.25) is 5.02 Å². The van der Waals surface area contributed by atoms with Gasteiger partial charge in [0.15, 0.2) is 0 Å². The standard InChI is InChI=1S/C15H18ClN5O2S/c1-9-18-19-15-21(9)20-12(10-3-5-11(16)6-4-10)13(24-15)14(22)17-7-8-23-2/h3-6,12-13,20H,7-8H2,1-2H3,(H,17,22)/t12-,13-/m0/s1. The molecule has 2 heterocycles. The van der Waals surface area contributed by atoms with Crippen molar-refractivity contribution in [3.8, 4) is 0 Å². The highest BCUT2D eigenvalue weighted by atomic mass is 35.5. The van der Waals surface area contributed by atoms with Gasteiger partial charge in [0.2, 0.25) is 11.1 Å². The van der Waals surface area contributed by atoms with Gasteiger partial charge in [-0.1, -0.05) is 35.5 Å². The fourth-order valence-electron chi connectivity index (χ4n) is 2.46. The van der Waals surface area contributed by atoms with Crippen molar-refractivity contribution in [1.29, 1.82) is 0 Å². The van der Waals surface area contributed by atoms with E-state index in [1.54, 1.807) is 7.11 Å². The zero-order valence-corrected chi connectivity index (χ0v) is 14.9. The number of hydrogen-bond acceptors (Lipinski definition) is 6. The molecule has 9 heteroatoms. The van der Waals surface area contributed by atoms with Crippen molar-refractivity contribution < 1.29 is 9.53 Å². The summed E-state index contributed by atoms with van der Waals surface area (Å²) in [5, 5.41) is 12.0. The van der Waals surface area contributed by atoms with Gasteiger partial charge < -0.3 is 15.5 Å². The van der Waals surface area contributed by atoms with Crippen LogP contribution in [0, 0.1) is 6.92 Å². The van der Waals surface area contributed by atoms with E-state index in [2.05, 4.69) is 20.9 Å². The average Bonchev–Trinajstić information content (AvgIpc) is 2.95. The SMILES string of the molecule is COCCNC(=O)[C@H]1Sc2nnc(C)n2N[C@H]1c1ccc(Cl)cc1. The van der Waals surface area contributed by atoms with Crippen LogP contribution in [-0.4, -0.2) is 46.3 Å². The van der Waals surface area contributed by atoms with Gasteiger partial charge in [0.1, 0.15) is 11.1 Å². The highest BCUT2D eigenvalue weighted by molar-refractivity contribution is 8.00. The van der Waals surface area contributed by atoms with Crippen molar-refractivity contribution in [2.24, 2.45) is 0 Å². The van der Waals surface area contributed by atoms with Crippen LogP contribution in [-0.2, 0) is 9.53 Å². The van der Waals surface area contributed by atoms with Crippen LogP contribution >= 0.6 is 23.4 Å². The Labute approximate surface area is 149 Å². The Kier molecular flexibility index (Phi) is 5.27. The number of amides is 1. The van der Waals surface area contributed by atoms with Crippen LogP contribution in [0.5, 0.6) is 0 Å². The number of nitrogens with one attached hydrogen (secondary N) is 2. The molecule has 1 aromatic carbocycles. The van der Waals surface area contributed by atoms with Gasteiger partial charge in [-0.2, -0.15) is 0 Å². The monoisotopic (exact) mass is 367 g/mol. The molecule has 1 aliphatic rings. The maximum atomic E-state index is 12.6. The number of aryl methyl sites for hydroxylation is 1. The number of benzene rings is 1. The molecule has 0 saturated carbocycles. The highest BCUT2D eigenvalue weighted by Gasteiger charge is 2.37. The number of rotatable bonds is 5. The van der Waals surface area contributed by atoms with Crippen LogP contribution in [0.1, 0.15) is 17.4 Å². The van der Waals surface area contributed by atoms with Crippen molar-refractivity contribution >= 4 is 29.3 Å². The van der Waals surface area contributed by atoms with Gasteiger partial charge in [-0.25, -0.2) is 4.68 Å². The van der Waals surface area contributed by atoms with Crippen LogP contribution in [0.15, 0.2) is 29.4 Å². The molecule has 1 amide bonds. The zero-order chi connectivity index (χ0) is 17.1. The van der Waals surface area contributed by atoms with E-state index in [1.165, 1.54) is 11.8 Å². The number of halogens is 1. The molecule has 2 N–H and O–H groups in total. The molecule has 0 radical (unpaired) electrons. The number of nitrogens with zero attached hydrogens (tertiary/aromatic N) is 3. The first-order valence-electron chi connectivity index (χ1n) is 7.47. The summed E-state index contributed by atoms with van der Waals surface area (Å²) in [7, 11) is 1.60. The molecule has 1 aliphatic heterocycles. The Morgan fingerprint density at radius 3 is 2.88 bits per heavy atom. The lowest BCUT2D eigenvalue weighted by Crippen LogP contribution is -2.44. The van der Waals surface area contributed by atoms with Crippen LogP contribution in [0.25, 0.3) is 0 Å². The molecular weight excluding hydrogens is 350 g/mol. The minimum Gasteiger partial charge on any atom is -0.383 e. The predicted octanol–water partition coefficient (Wildman–Crippen LogP) is 1.76. The van der Waals surface area contributed by atoms with E-state index in [1.807, 2.05) is 35.9 Å². The van der Waals surface area contributed by atoms with Crippen LogP contribution in [0.3, 0.4) is 0 Å². The Hall–Kier alpha value is -1.77. The molecule has 0 aliphatic carbocycles. The molecule has 128 valence electrons. The number of hydrogen-bond donors (Lipinski definition) is 2. The van der Waals surface area contributed by atoms with Gasteiger partial charge in [-0.3, -0.25) is 4.79 Å². The topological polar surface area (TPSA) is 81.1 Å². The molecule has 0 unspecified atom stereocenters. The summed E-state index contributed by atoms with van der Waals surface area (Å²) in [6.07, 6.45) is 0. The first-order chi connectivity index (χ1) is 11.6. The maximum absolute atomic E-state index is 12.6. The van der Waals surface area contributed by atoms with Crippen molar-refractivity contribution in [3.05, 3.63) is 40.7 Å². The Balaban J connectivity index is 1.87. The molecule has 2 aromatic rings. The van der Waals surface area contributed by atoms with E-state index in [9.17, 15) is 4.79 Å². The Bertz CT molecular complexity index is 721. The van der Waals surface area contributed by atoms with Gasteiger partial charge in [-0.15, -0.1) is 10.2 Å². The Morgan fingerprint density at radius 1 is 1.42 bits per heavy atom. The molecule has 7 nitrogen and oxygen atoms in total.